The highest BCUT2D eigenvalue weighted by molar-refractivity contribution is 5.92. The Hall–Kier alpha value is -2.11. The van der Waals surface area contributed by atoms with Crippen molar-refractivity contribution in [3.63, 3.8) is 0 Å². The fraction of sp³-hybridized carbons (Fsp3) is 0.533. The second-order valence-corrected chi connectivity index (χ2v) is 5.98. The van der Waals surface area contributed by atoms with Crippen LogP contribution in [0.2, 0.25) is 0 Å². The first-order valence-electron chi connectivity index (χ1n) is 6.83. The number of ether oxygens (including phenoxy) is 1. The molecule has 0 saturated heterocycles. The number of nitrogens with zero attached hydrogens (tertiary/aromatic N) is 1. The monoisotopic (exact) mass is 294 g/mol. The van der Waals surface area contributed by atoms with E-state index in [1.54, 1.807) is 32.2 Å². The van der Waals surface area contributed by atoms with Crippen LogP contribution in [0.5, 0.6) is 5.88 Å². The third kappa shape index (κ3) is 6.25. The van der Waals surface area contributed by atoms with Crippen LogP contribution in [-0.4, -0.2) is 28.1 Å². The number of anilines is 1. The van der Waals surface area contributed by atoms with Gasteiger partial charge in [0.05, 0.1) is 12.5 Å². The topological polar surface area (TPSA) is 88.5 Å². The summed E-state index contributed by atoms with van der Waals surface area (Å²) in [5.74, 6) is -0.822. The van der Waals surface area contributed by atoms with Gasteiger partial charge in [-0.3, -0.25) is 9.59 Å². The minimum Gasteiger partial charge on any atom is -0.481 e. The van der Waals surface area contributed by atoms with Gasteiger partial charge in [0, 0.05) is 12.6 Å². The molecule has 0 atom stereocenters. The first-order valence-corrected chi connectivity index (χ1v) is 6.83. The van der Waals surface area contributed by atoms with Crippen LogP contribution in [-0.2, 0) is 9.59 Å². The summed E-state index contributed by atoms with van der Waals surface area (Å²) in [6, 6.07) is 3.40. The molecule has 6 heteroatoms. The number of aliphatic carboxylic acids is 1. The number of hydrogen-bond acceptors (Lipinski definition) is 4. The fourth-order valence-electron chi connectivity index (χ4n) is 1.90. The second kappa shape index (κ2) is 7.06. The number of carboxylic acid groups (broad SMARTS) is 1. The first kappa shape index (κ1) is 16.9. The van der Waals surface area contributed by atoms with Crippen LogP contribution in [0.25, 0.3) is 0 Å². The zero-order valence-corrected chi connectivity index (χ0v) is 12.8. The molecule has 0 aliphatic carbocycles. The number of carbonyl (C=O) groups excluding carboxylic acids is 1. The van der Waals surface area contributed by atoms with Crippen molar-refractivity contribution >= 4 is 17.6 Å². The molecule has 1 heterocycles. The summed E-state index contributed by atoms with van der Waals surface area (Å²) >= 11 is 0. The van der Waals surface area contributed by atoms with Crippen LogP contribution < -0.4 is 10.1 Å². The predicted octanol–water partition coefficient (Wildman–Crippen LogP) is 2.70. The Morgan fingerprint density at radius 1 is 1.38 bits per heavy atom. The van der Waals surface area contributed by atoms with Gasteiger partial charge < -0.3 is 15.2 Å². The molecule has 0 bridgehead atoms. The maximum absolute atomic E-state index is 12.1. The van der Waals surface area contributed by atoms with Gasteiger partial charge in [-0.15, -0.1) is 0 Å². The molecule has 1 amide bonds. The lowest BCUT2D eigenvalue weighted by atomic mass is 9.85. The van der Waals surface area contributed by atoms with Crippen LogP contribution in [0.15, 0.2) is 18.3 Å². The minimum absolute atomic E-state index is 0.0565. The van der Waals surface area contributed by atoms with Gasteiger partial charge in [-0.25, -0.2) is 4.98 Å². The quantitative estimate of drug-likeness (QED) is 0.807. The fourth-order valence-corrected chi connectivity index (χ4v) is 1.90. The summed E-state index contributed by atoms with van der Waals surface area (Å²) in [6.07, 6.45) is 1.57. The largest absolute Gasteiger partial charge is 0.481 e. The maximum Gasteiger partial charge on any atom is 0.303 e. The van der Waals surface area contributed by atoms with Gasteiger partial charge in [0.2, 0.25) is 11.8 Å². The summed E-state index contributed by atoms with van der Waals surface area (Å²) in [7, 11) is 0. The molecule has 116 valence electrons. The third-order valence-corrected chi connectivity index (χ3v) is 2.66. The van der Waals surface area contributed by atoms with Gasteiger partial charge in [-0.2, -0.15) is 0 Å². The molecule has 0 aromatic carbocycles. The van der Waals surface area contributed by atoms with Crippen LogP contribution in [0.3, 0.4) is 0 Å². The number of carboxylic acids is 1. The van der Waals surface area contributed by atoms with E-state index in [0.29, 0.717) is 11.6 Å². The Kier molecular flexibility index (Phi) is 5.69. The molecule has 1 rings (SSSR count). The molecule has 6 nitrogen and oxygen atoms in total. The van der Waals surface area contributed by atoms with Gasteiger partial charge in [0.25, 0.3) is 0 Å². The Morgan fingerprint density at radius 2 is 2.05 bits per heavy atom. The molecule has 21 heavy (non-hydrogen) atoms. The van der Waals surface area contributed by atoms with Crippen molar-refractivity contribution in [2.75, 3.05) is 5.32 Å². The number of carbonyl (C=O) groups is 2. The lowest BCUT2D eigenvalue weighted by Gasteiger charge is -2.22. The van der Waals surface area contributed by atoms with Gasteiger partial charge in [0.15, 0.2) is 0 Å². The zero-order valence-electron chi connectivity index (χ0n) is 12.8. The number of amides is 1. The molecule has 2 N–H and O–H groups in total. The lowest BCUT2D eigenvalue weighted by molar-refractivity contribution is -0.139. The van der Waals surface area contributed by atoms with Crippen molar-refractivity contribution in [3.05, 3.63) is 18.3 Å². The first-order chi connectivity index (χ1) is 9.69. The van der Waals surface area contributed by atoms with Crippen LogP contribution >= 0.6 is 0 Å². The number of pyridine rings is 1. The number of nitrogens with one attached hydrogen (secondary N) is 1. The van der Waals surface area contributed by atoms with E-state index in [2.05, 4.69) is 10.3 Å². The maximum atomic E-state index is 12.1. The zero-order chi connectivity index (χ0) is 16.0. The molecule has 0 unspecified atom stereocenters. The number of rotatable bonds is 7. The van der Waals surface area contributed by atoms with E-state index in [4.69, 9.17) is 9.84 Å². The Bertz CT molecular complexity index is 512. The standard InChI is InChI=1S/C15H22N2O4/c1-10(2)21-14-11(6-5-7-16-14)17-12(18)8-15(3,4)9-13(19)20/h5-7,10H,8-9H2,1-4H3,(H,17,18)(H,19,20). The normalized spacial score (nSPS) is 11.3. The highest BCUT2D eigenvalue weighted by atomic mass is 16.5. The van der Waals surface area contributed by atoms with Crippen molar-refractivity contribution in [1.82, 2.24) is 4.98 Å². The SMILES string of the molecule is CC(C)Oc1ncccc1NC(=O)CC(C)(C)CC(=O)O. The van der Waals surface area contributed by atoms with E-state index < -0.39 is 11.4 Å². The van der Waals surface area contributed by atoms with Crippen molar-refractivity contribution in [1.29, 1.82) is 0 Å². The summed E-state index contributed by atoms with van der Waals surface area (Å²) in [5, 5.41) is 11.6. The average Bonchev–Trinajstić information content (AvgIpc) is 2.28. The minimum atomic E-state index is -0.919. The Balaban J connectivity index is 2.73. The highest BCUT2D eigenvalue weighted by Gasteiger charge is 2.25. The van der Waals surface area contributed by atoms with E-state index in [1.807, 2.05) is 13.8 Å². The molecule has 0 aliphatic heterocycles. The van der Waals surface area contributed by atoms with E-state index in [0.717, 1.165) is 0 Å². The summed E-state index contributed by atoms with van der Waals surface area (Å²) < 4.78 is 5.52. The van der Waals surface area contributed by atoms with Gasteiger partial charge >= 0.3 is 5.97 Å². The number of aromatic nitrogens is 1. The van der Waals surface area contributed by atoms with E-state index in [1.165, 1.54) is 0 Å². The van der Waals surface area contributed by atoms with Crippen LogP contribution in [0.4, 0.5) is 5.69 Å². The smallest absolute Gasteiger partial charge is 0.303 e. The molecule has 0 aliphatic rings. The Labute approximate surface area is 124 Å². The van der Waals surface area contributed by atoms with Gasteiger partial charge in [0.1, 0.15) is 5.69 Å². The van der Waals surface area contributed by atoms with E-state index in [9.17, 15) is 9.59 Å². The van der Waals surface area contributed by atoms with Crippen molar-refractivity contribution in [3.8, 4) is 5.88 Å². The van der Waals surface area contributed by atoms with Crippen LogP contribution in [0.1, 0.15) is 40.5 Å². The van der Waals surface area contributed by atoms with Gasteiger partial charge in [-0.1, -0.05) is 13.8 Å². The summed E-state index contributed by atoms with van der Waals surface area (Å²) in [6.45, 7) is 7.23. The third-order valence-electron chi connectivity index (χ3n) is 2.66. The predicted molar refractivity (Wildman–Crippen MR) is 79.3 cm³/mol. The molecular formula is C15H22N2O4. The summed E-state index contributed by atoms with van der Waals surface area (Å²) in [4.78, 5) is 26.9. The lowest BCUT2D eigenvalue weighted by Crippen LogP contribution is -2.25. The van der Waals surface area contributed by atoms with Crippen LogP contribution in [0, 0.1) is 5.41 Å². The van der Waals surface area contributed by atoms with Gasteiger partial charge in [-0.05, 0) is 31.4 Å². The molecule has 0 spiro atoms. The van der Waals surface area contributed by atoms with Crippen molar-refractivity contribution < 1.29 is 19.4 Å². The molecule has 0 saturated carbocycles. The molecular weight excluding hydrogens is 272 g/mol. The average molecular weight is 294 g/mol. The second-order valence-electron chi connectivity index (χ2n) is 5.98. The van der Waals surface area contributed by atoms with Crippen molar-refractivity contribution in [2.24, 2.45) is 5.41 Å². The highest BCUT2D eigenvalue weighted by Crippen LogP contribution is 2.27. The van der Waals surface area contributed by atoms with E-state index in [-0.39, 0.29) is 24.9 Å². The number of hydrogen-bond donors (Lipinski definition) is 2. The van der Waals surface area contributed by atoms with E-state index >= 15 is 0 Å². The van der Waals surface area contributed by atoms with Crippen molar-refractivity contribution in [2.45, 2.75) is 46.6 Å². The summed E-state index contributed by atoms with van der Waals surface area (Å²) in [5.41, 5.74) is -0.126. The molecule has 0 radical (unpaired) electrons. The Morgan fingerprint density at radius 3 is 2.62 bits per heavy atom. The molecule has 1 aromatic heterocycles. The molecule has 0 fully saturated rings. The molecule has 1 aromatic rings.